The van der Waals surface area contributed by atoms with Crippen LogP contribution < -0.4 is 9.64 Å². The first kappa shape index (κ1) is 13.4. The van der Waals surface area contributed by atoms with Crippen molar-refractivity contribution in [2.45, 2.75) is 0 Å². The van der Waals surface area contributed by atoms with Crippen LogP contribution in [0.1, 0.15) is 0 Å². The third-order valence-corrected chi connectivity index (χ3v) is 4.55. The second-order valence-corrected chi connectivity index (χ2v) is 5.84. The Kier molecular flexibility index (Phi) is 3.89. The SMILES string of the molecule is COc1ccccc1-c1csc(N2CCN(C)CC2)n1. The standard InChI is InChI=1S/C15H19N3OS/c1-17-7-9-18(10-8-17)15-16-13(11-20-15)12-5-3-4-6-14(12)19-2/h3-6,11H,7-10H2,1-2H3. The maximum atomic E-state index is 5.41. The maximum absolute atomic E-state index is 5.41. The molecule has 0 saturated carbocycles. The quantitative estimate of drug-likeness (QED) is 0.868. The van der Waals surface area contributed by atoms with Crippen LogP contribution >= 0.6 is 11.3 Å². The monoisotopic (exact) mass is 289 g/mol. The lowest BCUT2D eigenvalue weighted by atomic mass is 10.1. The van der Waals surface area contributed by atoms with Crippen molar-refractivity contribution in [1.82, 2.24) is 9.88 Å². The Hall–Kier alpha value is -1.59. The van der Waals surface area contributed by atoms with E-state index < -0.39 is 0 Å². The van der Waals surface area contributed by atoms with Crippen molar-refractivity contribution < 1.29 is 4.74 Å². The summed E-state index contributed by atoms with van der Waals surface area (Å²) in [6.07, 6.45) is 0. The molecular formula is C15H19N3OS. The molecule has 0 aliphatic carbocycles. The number of rotatable bonds is 3. The molecule has 1 aliphatic heterocycles. The van der Waals surface area contributed by atoms with E-state index >= 15 is 0 Å². The molecule has 0 amide bonds. The average Bonchev–Trinajstić information content (AvgIpc) is 2.97. The Morgan fingerprint density at radius 2 is 1.90 bits per heavy atom. The molecule has 0 radical (unpaired) electrons. The molecule has 1 saturated heterocycles. The summed E-state index contributed by atoms with van der Waals surface area (Å²) in [7, 11) is 3.87. The summed E-state index contributed by atoms with van der Waals surface area (Å²) in [6.45, 7) is 4.30. The highest BCUT2D eigenvalue weighted by Crippen LogP contribution is 2.33. The summed E-state index contributed by atoms with van der Waals surface area (Å²) in [6, 6.07) is 8.04. The molecule has 0 unspecified atom stereocenters. The predicted octanol–water partition coefficient (Wildman–Crippen LogP) is 2.57. The van der Waals surface area contributed by atoms with Crippen LogP contribution in [-0.4, -0.2) is 50.2 Å². The Bertz CT molecular complexity index is 576. The van der Waals surface area contributed by atoms with Gasteiger partial charge in [0.25, 0.3) is 0 Å². The van der Waals surface area contributed by atoms with Gasteiger partial charge in [-0.05, 0) is 19.2 Å². The normalized spacial score (nSPS) is 16.4. The molecule has 1 aromatic carbocycles. The summed E-state index contributed by atoms with van der Waals surface area (Å²) in [4.78, 5) is 9.50. The van der Waals surface area contributed by atoms with Gasteiger partial charge in [0.1, 0.15) is 5.75 Å². The molecule has 1 fully saturated rings. The minimum atomic E-state index is 0.878. The van der Waals surface area contributed by atoms with Crippen LogP contribution in [0.15, 0.2) is 29.6 Å². The Balaban J connectivity index is 1.83. The van der Waals surface area contributed by atoms with Crippen LogP contribution in [0, 0.1) is 0 Å². The summed E-state index contributed by atoms with van der Waals surface area (Å²) < 4.78 is 5.41. The highest BCUT2D eigenvalue weighted by molar-refractivity contribution is 7.14. The van der Waals surface area contributed by atoms with Gasteiger partial charge in [0.05, 0.1) is 12.8 Å². The van der Waals surface area contributed by atoms with Crippen LogP contribution in [0.4, 0.5) is 5.13 Å². The number of hydrogen-bond donors (Lipinski definition) is 0. The number of thiazole rings is 1. The number of ether oxygens (including phenoxy) is 1. The molecule has 20 heavy (non-hydrogen) atoms. The number of nitrogens with zero attached hydrogens (tertiary/aromatic N) is 3. The number of hydrogen-bond acceptors (Lipinski definition) is 5. The minimum Gasteiger partial charge on any atom is -0.496 e. The zero-order chi connectivity index (χ0) is 13.9. The van der Waals surface area contributed by atoms with E-state index in [1.54, 1.807) is 18.4 Å². The number of likely N-dealkylation sites (N-methyl/N-ethyl adjacent to an activating group) is 1. The second-order valence-electron chi connectivity index (χ2n) is 5.01. The Morgan fingerprint density at radius 1 is 1.15 bits per heavy atom. The number of aromatic nitrogens is 1. The molecule has 106 valence electrons. The van der Waals surface area contributed by atoms with Gasteiger partial charge in [-0.15, -0.1) is 11.3 Å². The summed E-state index contributed by atoms with van der Waals surface area (Å²) >= 11 is 1.71. The van der Waals surface area contributed by atoms with Crippen molar-refractivity contribution in [3.63, 3.8) is 0 Å². The van der Waals surface area contributed by atoms with Gasteiger partial charge in [-0.2, -0.15) is 0 Å². The summed E-state index contributed by atoms with van der Waals surface area (Å²) in [5, 5.41) is 3.23. The first-order valence-corrected chi connectivity index (χ1v) is 7.68. The van der Waals surface area contributed by atoms with E-state index in [0.717, 1.165) is 48.3 Å². The summed E-state index contributed by atoms with van der Waals surface area (Å²) in [5.74, 6) is 0.878. The molecule has 5 heteroatoms. The van der Waals surface area contributed by atoms with Gasteiger partial charge in [-0.25, -0.2) is 4.98 Å². The van der Waals surface area contributed by atoms with Crippen molar-refractivity contribution in [1.29, 1.82) is 0 Å². The fourth-order valence-electron chi connectivity index (χ4n) is 2.39. The minimum absolute atomic E-state index is 0.878. The lowest BCUT2D eigenvalue weighted by Gasteiger charge is -2.32. The number of methoxy groups -OCH3 is 1. The highest BCUT2D eigenvalue weighted by Gasteiger charge is 2.18. The second kappa shape index (κ2) is 5.81. The Morgan fingerprint density at radius 3 is 2.65 bits per heavy atom. The number of anilines is 1. The number of benzene rings is 1. The molecule has 0 atom stereocenters. The Labute approximate surface area is 123 Å². The van der Waals surface area contributed by atoms with Gasteiger partial charge in [-0.3, -0.25) is 0 Å². The molecule has 1 aromatic heterocycles. The molecular weight excluding hydrogens is 270 g/mol. The van der Waals surface area contributed by atoms with E-state index in [1.807, 2.05) is 18.2 Å². The van der Waals surface area contributed by atoms with Crippen LogP contribution in [0.5, 0.6) is 5.75 Å². The molecule has 0 spiro atoms. The van der Waals surface area contributed by atoms with Crippen molar-refractivity contribution in [2.75, 3.05) is 45.2 Å². The third-order valence-electron chi connectivity index (χ3n) is 3.65. The fraction of sp³-hybridized carbons (Fsp3) is 0.400. The number of para-hydroxylation sites is 1. The van der Waals surface area contributed by atoms with E-state index in [0.29, 0.717) is 0 Å². The highest BCUT2D eigenvalue weighted by atomic mass is 32.1. The van der Waals surface area contributed by atoms with Crippen LogP contribution in [-0.2, 0) is 0 Å². The molecule has 1 aliphatic rings. The zero-order valence-electron chi connectivity index (χ0n) is 11.9. The largest absolute Gasteiger partial charge is 0.496 e. The molecule has 2 heterocycles. The molecule has 3 rings (SSSR count). The van der Waals surface area contributed by atoms with Crippen molar-refractivity contribution >= 4 is 16.5 Å². The van der Waals surface area contributed by atoms with E-state index in [9.17, 15) is 0 Å². The van der Waals surface area contributed by atoms with Crippen molar-refractivity contribution in [3.8, 4) is 17.0 Å². The molecule has 4 nitrogen and oxygen atoms in total. The zero-order valence-corrected chi connectivity index (χ0v) is 12.7. The van der Waals surface area contributed by atoms with Crippen LogP contribution in [0.25, 0.3) is 11.3 Å². The van der Waals surface area contributed by atoms with E-state index in [2.05, 4.69) is 28.3 Å². The van der Waals surface area contributed by atoms with Crippen LogP contribution in [0.3, 0.4) is 0 Å². The smallest absolute Gasteiger partial charge is 0.185 e. The van der Waals surface area contributed by atoms with Gasteiger partial charge in [-0.1, -0.05) is 12.1 Å². The third kappa shape index (κ3) is 2.64. The average molecular weight is 289 g/mol. The van der Waals surface area contributed by atoms with Crippen molar-refractivity contribution in [2.24, 2.45) is 0 Å². The van der Waals surface area contributed by atoms with Gasteiger partial charge in [0.15, 0.2) is 5.13 Å². The molecule has 0 N–H and O–H groups in total. The van der Waals surface area contributed by atoms with E-state index in [4.69, 9.17) is 9.72 Å². The maximum Gasteiger partial charge on any atom is 0.185 e. The van der Waals surface area contributed by atoms with Crippen LogP contribution in [0.2, 0.25) is 0 Å². The van der Waals surface area contributed by atoms with Gasteiger partial charge in [0.2, 0.25) is 0 Å². The lowest BCUT2D eigenvalue weighted by molar-refractivity contribution is 0.313. The van der Waals surface area contributed by atoms with E-state index in [-0.39, 0.29) is 0 Å². The van der Waals surface area contributed by atoms with Gasteiger partial charge in [0, 0.05) is 37.1 Å². The first-order valence-electron chi connectivity index (χ1n) is 6.80. The number of piperazine rings is 1. The first-order chi connectivity index (χ1) is 9.78. The molecule has 0 bridgehead atoms. The van der Waals surface area contributed by atoms with Gasteiger partial charge >= 0.3 is 0 Å². The molecule has 2 aromatic rings. The topological polar surface area (TPSA) is 28.6 Å². The summed E-state index contributed by atoms with van der Waals surface area (Å²) in [5.41, 5.74) is 2.06. The van der Waals surface area contributed by atoms with Gasteiger partial charge < -0.3 is 14.5 Å². The lowest BCUT2D eigenvalue weighted by Crippen LogP contribution is -2.44. The predicted molar refractivity (Wildman–Crippen MR) is 83.8 cm³/mol. The fourth-order valence-corrected chi connectivity index (χ4v) is 3.27. The van der Waals surface area contributed by atoms with E-state index in [1.165, 1.54) is 0 Å². The van der Waals surface area contributed by atoms with Crippen molar-refractivity contribution in [3.05, 3.63) is 29.6 Å².